The highest BCUT2D eigenvalue weighted by molar-refractivity contribution is 8.07. The Morgan fingerprint density at radius 3 is 0.806 bits per heavy atom. The van der Waals surface area contributed by atoms with E-state index in [-0.39, 0.29) is 0 Å². The van der Waals surface area contributed by atoms with Crippen LogP contribution in [0.4, 0.5) is 0 Å². The Bertz CT molecular complexity index is 271. The third-order valence-electron chi connectivity index (χ3n) is 6.26. The normalized spacial score (nSPS) is 11.4. The number of hydrogen-bond donors (Lipinski definition) is 0. The first-order valence-corrected chi connectivity index (χ1v) is 16.1. The standard InChI is InChI=1S/C28H58OS2/c1-3-5-7-9-11-13-15-17-19-21-23-25-27-30-29-31-28-26-24-22-20-18-16-14-12-10-8-6-4-2/h3-28H2,1-2H3. The van der Waals surface area contributed by atoms with Gasteiger partial charge in [0, 0.05) is 35.6 Å². The van der Waals surface area contributed by atoms with E-state index in [1.165, 1.54) is 166 Å². The number of rotatable bonds is 28. The molecule has 0 spiro atoms. The zero-order chi connectivity index (χ0) is 22.5. The first kappa shape index (κ1) is 31.7. The molecule has 0 heterocycles. The van der Waals surface area contributed by atoms with Crippen molar-refractivity contribution in [3.8, 4) is 0 Å². The van der Waals surface area contributed by atoms with E-state index in [9.17, 15) is 0 Å². The maximum absolute atomic E-state index is 5.67. The van der Waals surface area contributed by atoms with Crippen molar-refractivity contribution in [3.63, 3.8) is 0 Å². The van der Waals surface area contributed by atoms with Gasteiger partial charge in [-0.25, -0.2) is 3.63 Å². The minimum absolute atomic E-state index is 1.17. The van der Waals surface area contributed by atoms with Crippen LogP contribution in [0.25, 0.3) is 0 Å². The highest BCUT2D eigenvalue weighted by Crippen LogP contribution is 2.20. The highest BCUT2D eigenvalue weighted by atomic mass is 32.2. The molecule has 0 saturated heterocycles. The third kappa shape index (κ3) is 30.7. The van der Waals surface area contributed by atoms with Gasteiger partial charge in [-0.05, 0) is 12.8 Å². The summed E-state index contributed by atoms with van der Waals surface area (Å²) in [5.41, 5.74) is 0. The lowest BCUT2D eigenvalue weighted by atomic mass is 10.1. The Morgan fingerprint density at radius 2 is 0.548 bits per heavy atom. The van der Waals surface area contributed by atoms with Gasteiger partial charge in [0.25, 0.3) is 0 Å². The van der Waals surface area contributed by atoms with Gasteiger partial charge < -0.3 is 0 Å². The summed E-state index contributed by atoms with van der Waals surface area (Å²) in [5, 5.41) is 0. The van der Waals surface area contributed by atoms with Crippen LogP contribution in [-0.2, 0) is 3.63 Å². The number of unbranched alkanes of at least 4 members (excludes halogenated alkanes) is 22. The summed E-state index contributed by atoms with van der Waals surface area (Å²) < 4.78 is 5.67. The van der Waals surface area contributed by atoms with Gasteiger partial charge in [0.1, 0.15) is 0 Å². The highest BCUT2D eigenvalue weighted by Gasteiger charge is 1.97. The fourth-order valence-corrected chi connectivity index (χ4v) is 5.57. The molecule has 0 saturated carbocycles. The van der Waals surface area contributed by atoms with Gasteiger partial charge in [-0.15, -0.1) is 0 Å². The van der Waals surface area contributed by atoms with Crippen LogP contribution >= 0.6 is 24.1 Å². The molecule has 0 radical (unpaired) electrons. The lowest BCUT2D eigenvalue weighted by Gasteiger charge is -2.04. The maximum Gasteiger partial charge on any atom is 0.0210 e. The van der Waals surface area contributed by atoms with Crippen LogP contribution in [0, 0.1) is 0 Å². The molecular weight excluding hydrogens is 416 g/mol. The molecule has 0 fully saturated rings. The Kier molecular flexibility index (Phi) is 31.3. The lowest BCUT2D eigenvalue weighted by Crippen LogP contribution is -1.85. The molecule has 0 amide bonds. The van der Waals surface area contributed by atoms with Crippen molar-refractivity contribution < 1.29 is 3.63 Å². The molecule has 0 aromatic carbocycles. The Balaban J connectivity index is 2.98. The van der Waals surface area contributed by atoms with Crippen LogP contribution < -0.4 is 0 Å². The van der Waals surface area contributed by atoms with Crippen LogP contribution in [0.1, 0.15) is 168 Å². The van der Waals surface area contributed by atoms with E-state index in [2.05, 4.69) is 13.8 Å². The number of hydrogen-bond acceptors (Lipinski definition) is 3. The van der Waals surface area contributed by atoms with E-state index in [4.69, 9.17) is 3.63 Å². The molecule has 0 rings (SSSR count). The van der Waals surface area contributed by atoms with Gasteiger partial charge in [-0.1, -0.05) is 155 Å². The van der Waals surface area contributed by atoms with Gasteiger partial charge >= 0.3 is 0 Å². The SMILES string of the molecule is CCCCCCCCCCCCCCSOSCCCCCCCCCCCCCC. The quantitative estimate of drug-likeness (QED) is 0.0823. The first-order chi connectivity index (χ1) is 15.4. The molecule has 0 aliphatic carbocycles. The second kappa shape index (κ2) is 30.7. The fraction of sp³-hybridized carbons (Fsp3) is 1.00. The molecule has 0 bridgehead atoms. The minimum atomic E-state index is 1.17. The average molecular weight is 475 g/mol. The Hall–Kier alpha value is 0.660. The smallest absolute Gasteiger partial charge is 0.0210 e. The van der Waals surface area contributed by atoms with Gasteiger partial charge in [-0.3, -0.25) is 0 Å². The van der Waals surface area contributed by atoms with E-state index in [1.54, 1.807) is 24.1 Å². The Labute approximate surface area is 206 Å². The first-order valence-electron chi connectivity index (χ1n) is 14.3. The maximum atomic E-state index is 5.67. The monoisotopic (exact) mass is 474 g/mol. The predicted octanol–water partition coefficient (Wildman–Crippen LogP) is 11.7. The van der Waals surface area contributed by atoms with Gasteiger partial charge in [-0.2, -0.15) is 0 Å². The molecule has 1 nitrogen and oxygen atoms in total. The zero-order valence-corrected chi connectivity index (χ0v) is 23.2. The second-order valence-electron chi connectivity index (χ2n) is 9.49. The third-order valence-corrected chi connectivity index (χ3v) is 7.94. The molecule has 3 heteroatoms. The largest absolute Gasteiger partial charge is 0.247 e. The summed E-state index contributed by atoms with van der Waals surface area (Å²) in [7, 11) is 0. The molecule has 31 heavy (non-hydrogen) atoms. The van der Waals surface area contributed by atoms with Crippen LogP contribution in [0.5, 0.6) is 0 Å². The average Bonchev–Trinajstić information content (AvgIpc) is 2.78. The van der Waals surface area contributed by atoms with E-state index in [0.29, 0.717) is 0 Å². The van der Waals surface area contributed by atoms with Crippen molar-refractivity contribution in [3.05, 3.63) is 0 Å². The van der Waals surface area contributed by atoms with Crippen LogP contribution in [-0.4, -0.2) is 11.5 Å². The molecule has 0 N–H and O–H groups in total. The molecule has 0 aliphatic rings. The van der Waals surface area contributed by atoms with Crippen LogP contribution in [0.15, 0.2) is 0 Å². The molecule has 0 atom stereocenters. The molecule has 0 unspecified atom stereocenters. The second-order valence-corrected chi connectivity index (χ2v) is 11.3. The Morgan fingerprint density at radius 1 is 0.323 bits per heavy atom. The minimum Gasteiger partial charge on any atom is -0.247 e. The lowest BCUT2D eigenvalue weighted by molar-refractivity contribution is 0.547. The van der Waals surface area contributed by atoms with E-state index in [1.807, 2.05) is 0 Å². The topological polar surface area (TPSA) is 9.23 Å². The molecule has 0 aromatic rings. The summed E-state index contributed by atoms with van der Waals surface area (Å²) in [6.45, 7) is 4.59. The van der Waals surface area contributed by atoms with Crippen molar-refractivity contribution >= 4 is 24.1 Å². The molecule has 188 valence electrons. The summed E-state index contributed by atoms with van der Waals surface area (Å²) in [5.74, 6) is 2.34. The van der Waals surface area contributed by atoms with Gasteiger partial charge in [0.2, 0.25) is 0 Å². The summed E-state index contributed by atoms with van der Waals surface area (Å²) >= 11 is 3.36. The van der Waals surface area contributed by atoms with Crippen LogP contribution in [0.2, 0.25) is 0 Å². The molecular formula is C28H58OS2. The fourth-order valence-electron chi connectivity index (χ4n) is 4.11. The van der Waals surface area contributed by atoms with E-state index < -0.39 is 0 Å². The van der Waals surface area contributed by atoms with Crippen molar-refractivity contribution in [1.29, 1.82) is 0 Å². The predicted molar refractivity (Wildman–Crippen MR) is 148 cm³/mol. The van der Waals surface area contributed by atoms with Crippen molar-refractivity contribution in [2.24, 2.45) is 0 Å². The van der Waals surface area contributed by atoms with Crippen molar-refractivity contribution in [2.75, 3.05) is 11.5 Å². The van der Waals surface area contributed by atoms with Gasteiger partial charge in [0.05, 0.1) is 0 Å². The molecule has 0 aliphatic heterocycles. The summed E-state index contributed by atoms with van der Waals surface area (Å²) in [6, 6.07) is 0. The van der Waals surface area contributed by atoms with E-state index >= 15 is 0 Å². The molecule has 0 aromatic heterocycles. The summed E-state index contributed by atoms with van der Waals surface area (Å²) in [4.78, 5) is 0. The summed E-state index contributed by atoms with van der Waals surface area (Å²) in [6.07, 6.45) is 34.2. The van der Waals surface area contributed by atoms with Crippen LogP contribution in [0.3, 0.4) is 0 Å². The van der Waals surface area contributed by atoms with Gasteiger partial charge in [0.15, 0.2) is 0 Å². The van der Waals surface area contributed by atoms with Crippen molar-refractivity contribution in [1.82, 2.24) is 0 Å². The zero-order valence-electron chi connectivity index (χ0n) is 21.6. The van der Waals surface area contributed by atoms with Crippen molar-refractivity contribution in [2.45, 2.75) is 168 Å². The van der Waals surface area contributed by atoms with E-state index in [0.717, 1.165) is 0 Å².